The van der Waals surface area contributed by atoms with Gasteiger partial charge >= 0.3 is 0 Å². The summed E-state index contributed by atoms with van der Waals surface area (Å²) < 4.78 is 21.8. The molecule has 114 valence electrons. The Bertz CT molecular complexity index is 637. The van der Waals surface area contributed by atoms with Crippen molar-refractivity contribution < 1.29 is 9.13 Å². The van der Waals surface area contributed by atoms with Crippen LogP contribution < -0.4 is 5.73 Å². The molecule has 0 unspecified atom stereocenters. The Morgan fingerprint density at radius 3 is 2.86 bits per heavy atom. The number of imidazole rings is 1. The van der Waals surface area contributed by atoms with Crippen LogP contribution in [0.1, 0.15) is 32.1 Å². The zero-order valence-corrected chi connectivity index (χ0v) is 13.4. The first-order valence-corrected chi connectivity index (χ1v) is 8.17. The zero-order valence-electron chi connectivity index (χ0n) is 11.8. The summed E-state index contributed by atoms with van der Waals surface area (Å²) in [6.07, 6.45) is 6.46. The Morgan fingerprint density at radius 1 is 1.33 bits per heavy atom. The first kappa shape index (κ1) is 14.8. The summed E-state index contributed by atoms with van der Waals surface area (Å²) in [6.45, 7) is 1.18. The topological polar surface area (TPSA) is 53.1 Å². The van der Waals surface area contributed by atoms with Crippen molar-refractivity contribution in [3.05, 3.63) is 22.4 Å². The number of rotatable bonds is 4. The van der Waals surface area contributed by atoms with Gasteiger partial charge < -0.3 is 15.0 Å². The number of ether oxygens (including phenoxy) is 1. The molecule has 1 aromatic carbocycles. The number of hydrogen-bond acceptors (Lipinski definition) is 3. The van der Waals surface area contributed by atoms with Gasteiger partial charge in [-0.15, -0.1) is 0 Å². The Kier molecular flexibility index (Phi) is 4.45. The standard InChI is InChI=1S/C15H19BrFN3O/c16-11-8-13-14(9-12(11)17)20(15(18)19-13)6-7-21-10-4-2-1-3-5-10/h8-10H,1-7H2,(H2,18,19). The van der Waals surface area contributed by atoms with E-state index >= 15 is 0 Å². The number of anilines is 1. The van der Waals surface area contributed by atoms with E-state index in [9.17, 15) is 4.39 Å². The molecule has 0 amide bonds. The molecule has 1 aromatic heterocycles. The smallest absolute Gasteiger partial charge is 0.201 e. The van der Waals surface area contributed by atoms with Crippen LogP contribution in [0.3, 0.4) is 0 Å². The van der Waals surface area contributed by atoms with Crippen LogP contribution in [0.25, 0.3) is 11.0 Å². The molecule has 0 spiro atoms. The first-order valence-electron chi connectivity index (χ1n) is 7.37. The van der Waals surface area contributed by atoms with E-state index in [0.29, 0.717) is 40.7 Å². The summed E-state index contributed by atoms with van der Waals surface area (Å²) >= 11 is 3.17. The van der Waals surface area contributed by atoms with Gasteiger partial charge in [0.25, 0.3) is 0 Å². The lowest BCUT2D eigenvalue weighted by molar-refractivity contribution is 0.0246. The van der Waals surface area contributed by atoms with Crippen molar-refractivity contribution >= 4 is 32.9 Å². The molecule has 1 saturated carbocycles. The van der Waals surface area contributed by atoms with Gasteiger partial charge in [-0.25, -0.2) is 9.37 Å². The molecule has 1 fully saturated rings. The van der Waals surface area contributed by atoms with E-state index in [1.807, 2.05) is 4.57 Å². The van der Waals surface area contributed by atoms with E-state index in [1.54, 1.807) is 6.07 Å². The number of benzene rings is 1. The van der Waals surface area contributed by atoms with Gasteiger partial charge in [-0.1, -0.05) is 19.3 Å². The largest absolute Gasteiger partial charge is 0.376 e. The van der Waals surface area contributed by atoms with E-state index < -0.39 is 0 Å². The van der Waals surface area contributed by atoms with Crippen LogP contribution in [0.5, 0.6) is 0 Å². The van der Waals surface area contributed by atoms with Gasteiger partial charge in [-0.05, 0) is 34.8 Å². The van der Waals surface area contributed by atoms with Crippen LogP contribution >= 0.6 is 15.9 Å². The van der Waals surface area contributed by atoms with Crippen molar-refractivity contribution in [2.24, 2.45) is 0 Å². The van der Waals surface area contributed by atoms with Crippen LogP contribution in [0.4, 0.5) is 10.3 Å². The fourth-order valence-electron chi connectivity index (χ4n) is 2.92. The SMILES string of the molecule is Nc1nc2cc(Br)c(F)cc2n1CCOC1CCCCC1. The van der Waals surface area contributed by atoms with E-state index in [1.165, 1.54) is 25.3 Å². The Balaban J connectivity index is 1.71. The summed E-state index contributed by atoms with van der Waals surface area (Å²) in [5, 5.41) is 0. The van der Waals surface area contributed by atoms with Crippen molar-refractivity contribution in [2.45, 2.75) is 44.8 Å². The third-order valence-corrected chi connectivity index (χ3v) is 4.65. The number of nitrogens with zero attached hydrogens (tertiary/aromatic N) is 2. The summed E-state index contributed by atoms with van der Waals surface area (Å²) in [6, 6.07) is 3.11. The third-order valence-electron chi connectivity index (χ3n) is 4.04. The Labute approximate surface area is 131 Å². The van der Waals surface area contributed by atoms with E-state index in [2.05, 4.69) is 20.9 Å². The first-order chi connectivity index (χ1) is 10.1. The van der Waals surface area contributed by atoms with E-state index in [4.69, 9.17) is 10.5 Å². The molecule has 1 aliphatic rings. The van der Waals surface area contributed by atoms with Crippen LogP contribution in [-0.4, -0.2) is 22.3 Å². The molecule has 0 aliphatic heterocycles. The monoisotopic (exact) mass is 355 g/mol. The highest BCUT2D eigenvalue weighted by atomic mass is 79.9. The molecular formula is C15H19BrFN3O. The normalized spacial score (nSPS) is 16.7. The summed E-state index contributed by atoms with van der Waals surface area (Å²) in [4.78, 5) is 4.27. The molecular weight excluding hydrogens is 337 g/mol. The molecule has 6 heteroatoms. The molecule has 0 saturated heterocycles. The second kappa shape index (κ2) is 6.32. The lowest BCUT2D eigenvalue weighted by atomic mass is 9.98. The second-order valence-corrected chi connectivity index (χ2v) is 6.36. The lowest BCUT2D eigenvalue weighted by Crippen LogP contribution is -2.19. The van der Waals surface area contributed by atoms with Crippen molar-refractivity contribution in [1.82, 2.24) is 9.55 Å². The highest BCUT2D eigenvalue weighted by Crippen LogP contribution is 2.25. The summed E-state index contributed by atoms with van der Waals surface area (Å²) in [5.41, 5.74) is 7.33. The van der Waals surface area contributed by atoms with E-state index in [0.717, 1.165) is 12.8 Å². The number of halogens is 2. The predicted molar refractivity (Wildman–Crippen MR) is 84.6 cm³/mol. The van der Waals surface area contributed by atoms with Crippen LogP contribution in [0.15, 0.2) is 16.6 Å². The lowest BCUT2D eigenvalue weighted by Gasteiger charge is -2.22. The summed E-state index contributed by atoms with van der Waals surface area (Å²) in [7, 11) is 0. The number of aromatic nitrogens is 2. The number of nitrogens with two attached hydrogens (primary N) is 1. The van der Waals surface area contributed by atoms with Crippen LogP contribution in [0.2, 0.25) is 0 Å². The van der Waals surface area contributed by atoms with Crippen LogP contribution in [0, 0.1) is 5.82 Å². The van der Waals surface area contributed by atoms with Gasteiger partial charge in [0, 0.05) is 12.6 Å². The highest BCUT2D eigenvalue weighted by molar-refractivity contribution is 9.10. The van der Waals surface area contributed by atoms with E-state index in [-0.39, 0.29) is 5.82 Å². The van der Waals surface area contributed by atoms with Gasteiger partial charge in [-0.3, -0.25) is 0 Å². The number of nitrogen functional groups attached to an aromatic ring is 1. The fraction of sp³-hybridized carbons (Fsp3) is 0.533. The molecule has 1 heterocycles. The van der Waals surface area contributed by atoms with Gasteiger partial charge in [-0.2, -0.15) is 0 Å². The van der Waals surface area contributed by atoms with Gasteiger partial charge in [0.2, 0.25) is 5.95 Å². The van der Waals surface area contributed by atoms with Gasteiger partial charge in [0.15, 0.2) is 0 Å². The number of hydrogen-bond donors (Lipinski definition) is 1. The molecule has 0 bridgehead atoms. The molecule has 2 aromatic rings. The van der Waals surface area contributed by atoms with Crippen molar-refractivity contribution in [2.75, 3.05) is 12.3 Å². The van der Waals surface area contributed by atoms with Crippen LogP contribution in [-0.2, 0) is 11.3 Å². The fourth-order valence-corrected chi connectivity index (χ4v) is 3.25. The Morgan fingerprint density at radius 2 is 2.10 bits per heavy atom. The highest BCUT2D eigenvalue weighted by Gasteiger charge is 2.15. The molecule has 21 heavy (non-hydrogen) atoms. The molecule has 4 nitrogen and oxygen atoms in total. The molecule has 0 atom stereocenters. The van der Waals surface area contributed by atoms with Crippen molar-refractivity contribution in [1.29, 1.82) is 0 Å². The molecule has 3 rings (SSSR count). The summed E-state index contributed by atoms with van der Waals surface area (Å²) in [5.74, 6) is 0.0894. The minimum atomic E-state index is -0.308. The molecule has 2 N–H and O–H groups in total. The van der Waals surface area contributed by atoms with Crippen molar-refractivity contribution in [3.8, 4) is 0 Å². The maximum atomic E-state index is 13.7. The minimum Gasteiger partial charge on any atom is -0.376 e. The maximum Gasteiger partial charge on any atom is 0.201 e. The zero-order chi connectivity index (χ0) is 14.8. The average molecular weight is 356 g/mol. The van der Waals surface area contributed by atoms with Gasteiger partial charge in [0.05, 0.1) is 28.2 Å². The predicted octanol–water partition coefficient (Wildman–Crippen LogP) is 3.87. The number of fused-ring (bicyclic) bond motifs is 1. The van der Waals surface area contributed by atoms with Crippen molar-refractivity contribution in [3.63, 3.8) is 0 Å². The minimum absolute atomic E-state index is 0.308. The third kappa shape index (κ3) is 3.21. The Hall–Kier alpha value is -1.14. The molecule has 1 aliphatic carbocycles. The average Bonchev–Trinajstić information content (AvgIpc) is 2.76. The molecule has 0 radical (unpaired) electrons. The maximum absolute atomic E-state index is 13.7. The quantitative estimate of drug-likeness (QED) is 0.905. The van der Waals surface area contributed by atoms with Gasteiger partial charge in [0.1, 0.15) is 5.82 Å². The second-order valence-electron chi connectivity index (χ2n) is 5.51.